The third kappa shape index (κ3) is 3.69. The maximum Gasteiger partial charge on any atom is 0.236 e. The molecule has 0 spiro atoms. The van der Waals surface area contributed by atoms with Gasteiger partial charge < -0.3 is 19.4 Å². The molecule has 172 valence electrons. The van der Waals surface area contributed by atoms with Gasteiger partial charge in [0.25, 0.3) is 0 Å². The lowest BCUT2D eigenvalue weighted by molar-refractivity contribution is 0.331. The van der Waals surface area contributed by atoms with Gasteiger partial charge >= 0.3 is 0 Å². The third-order valence-electron chi connectivity index (χ3n) is 6.11. The lowest BCUT2D eigenvalue weighted by atomic mass is 10.0. The summed E-state index contributed by atoms with van der Waals surface area (Å²) in [6.07, 6.45) is 1.69. The van der Waals surface area contributed by atoms with Gasteiger partial charge in [0.05, 0.1) is 18.6 Å². The summed E-state index contributed by atoms with van der Waals surface area (Å²) in [4.78, 5) is 18.0. The van der Waals surface area contributed by atoms with Gasteiger partial charge in [-0.2, -0.15) is 4.98 Å². The summed E-state index contributed by atoms with van der Waals surface area (Å²) < 4.78 is 12.4. The van der Waals surface area contributed by atoms with Crippen LogP contribution < -0.4 is 15.0 Å². The molecule has 0 aliphatic carbocycles. The van der Waals surface area contributed by atoms with Crippen molar-refractivity contribution in [1.29, 1.82) is 0 Å². The number of ether oxygens (including phenoxy) is 1. The van der Waals surface area contributed by atoms with Crippen LogP contribution in [0, 0.1) is 6.92 Å². The first-order chi connectivity index (χ1) is 16.7. The fraction of sp³-hybridized carbons (Fsp3) is 0.269. The molecule has 0 saturated carbocycles. The minimum Gasteiger partial charge on any atom is -0.477 e. The van der Waals surface area contributed by atoms with Crippen molar-refractivity contribution in [2.75, 3.05) is 37.7 Å². The van der Waals surface area contributed by atoms with Gasteiger partial charge in [-0.25, -0.2) is 9.97 Å². The Morgan fingerprint density at radius 3 is 2.59 bits per heavy atom. The zero-order chi connectivity index (χ0) is 23.1. The number of thiophene rings is 1. The summed E-state index contributed by atoms with van der Waals surface area (Å²) in [6, 6.07) is 14.3. The van der Waals surface area contributed by atoms with E-state index in [0.717, 1.165) is 80.7 Å². The smallest absolute Gasteiger partial charge is 0.236 e. The quantitative estimate of drug-likeness (QED) is 0.374. The number of pyridine rings is 1. The molecular formula is C26H25N5O2S. The molecule has 4 aromatic heterocycles. The zero-order valence-electron chi connectivity index (χ0n) is 19.2. The van der Waals surface area contributed by atoms with Crippen molar-refractivity contribution in [3.63, 3.8) is 0 Å². The van der Waals surface area contributed by atoms with E-state index < -0.39 is 0 Å². The van der Waals surface area contributed by atoms with Crippen LogP contribution in [0.4, 0.5) is 5.95 Å². The van der Waals surface area contributed by atoms with Gasteiger partial charge in [0, 0.05) is 42.7 Å². The number of nitrogens with zero attached hydrogens (tertiary/aromatic N) is 4. The molecule has 1 aromatic carbocycles. The first-order valence-corrected chi connectivity index (χ1v) is 12.4. The second-order valence-corrected chi connectivity index (χ2v) is 9.34. The van der Waals surface area contributed by atoms with Crippen LogP contribution in [0.15, 0.2) is 53.1 Å². The van der Waals surface area contributed by atoms with Crippen LogP contribution in [0.5, 0.6) is 5.88 Å². The van der Waals surface area contributed by atoms with E-state index in [0.29, 0.717) is 12.5 Å². The van der Waals surface area contributed by atoms with Gasteiger partial charge in [-0.3, -0.25) is 0 Å². The van der Waals surface area contributed by atoms with Crippen molar-refractivity contribution < 1.29 is 9.15 Å². The van der Waals surface area contributed by atoms with Crippen LogP contribution >= 0.6 is 11.3 Å². The van der Waals surface area contributed by atoms with Crippen molar-refractivity contribution in [2.45, 2.75) is 13.8 Å². The van der Waals surface area contributed by atoms with E-state index in [-0.39, 0.29) is 0 Å². The standard InChI is InChI=1S/C26H25N5O2S/c1-3-32-24-23-22(29-26(30-24)31-12-10-27-11-13-31)21-16(2)15-19(28-25(21)34-23)17-6-8-18(9-7-17)20-5-4-14-33-20/h4-9,14-15,27H,3,10-13H2,1-2H3. The molecule has 5 aromatic rings. The number of anilines is 1. The molecule has 1 fully saturated rings. The van der Waals surface area contributed by atoms with E-state index >= 15 is 0 Å². The van der Waals surface area contributed by atoms with Crippen molar-refractivity contribution >= 4 is 37.7 Å². The average molecular weight is 472 g/mol. The van der Waals surface area contributed by atoms with E-state index in [1.165, 1.54) is 0 Å². The van der Waals surface area contributed by atoms with Crippen molar-refractivity contribution in [3.8, 4) is 28.5 Å². The maximum atomic E-state index is 5.96. The van der Waals surface area contributed by atoms with Crippen LogP contribution in [0.25, 0.3) is 43.0 Å². The number of aromatic nitrogens is 3. The molecule has 34 heavy (non-hydrogen) atoms. The van der Waals surface area contributed by atoms with E-state index in [2.05, 4.69) is 47.5 Å². The van der Waals surface area contributed by atoms with E-state index in [1.807, 2.05) is 19.1 Å². The molecular weight excluding hydrogens is 446 g/mol. The first-order valence-electron chi connectivity index (χ1n) is 11.6. The number of nitrogens with one attached hydrogen (secondary N) is 1. The van der Waals surface area contributed by atoms with Crippen molar-refractivity contribution in [2.24, 2.45) is 0 Å². The molecule has 0 unspecified atom stereocenters. The highest BCUT2D eigenvalue weighted by molar-refractivity contribution is 7.25. The Morgan fingerprint density at radius 1 is 1.06 bits per heavy atom. The van der Waals surface area contributed by atoms with Gasteiger partial charge in [-0.15, -0.1) is 11.3 Å². The van der Waals surface area contributed by atoms with E-state index in [9.17, 15) is 0 Å². The maximum absolute atomic E-state index is 5.96. The number of fused-ring (bicyclic) bond motifs is 3. The Kier molecular flexibility index (Phi) is 5.39. The number of rotatable bonds is 5. The number of benzene rings is 1. The van der Waals surface area contributed by atoms with Gasteiger partial charge in [-0.1, -0.05) is 24.3 Å². The Balaban J connectivity index is 1.46. The molecule has 0 radical (unpaired) electrons. The summed E-state index contributed by atoms with van der Waals surface area (Å²) >= 11 is 1.60. The SMILES string of the molecule is CCOc1nc(N2CCNCC2)nc2c1sc1nc(-c3ccc(-c4ccco4)cc3)cc(C)c12. The monoisotopic (exact) mass is 471 g/mol. The van der Waals surface area contributed by atoms with Crippen molar-refractivity contribution in [1.82, 2.24) is 20.3 Å². The minimum atomic E-state index is 0.557. The second-order valence-electron chi connectivity index (χ2n) is 8.34. The fourth-order valence-corrected chi connectivity index (χ4v) is 5.55. The Labute approximate surface area is 201 Å². The number of piperazine rings is 1. The lowest BCUT2D eigenvalue weighted by Gasteiger charge is -2.27. The normalized spacial score (nSPS) is 14.2. The highest BCUT2D eigenvalue weighted by Gasteiger charge is 2.21. The topological polar surface area (TPSA) is 76.3 Å². The molecule has 0 bridgehead atoms. The molecule has 1 aliphatic heterocycles. The highest BCUT2D eigenvalue weighted by Crippen LogP contribution is 2.40. The Hall–Kier alpha value is -3.49. The average Bonchev–Trinajstić information content (AvgIpc) is 3.53. The molecule has 1 saturated heterocycles. The van der Waals surface area contributed by atoms with Gasteiger partial charge in [-0.05, 0) is 37.6 Å². The molecule has 0 atom stereocenters. The Morgan fingerprint density at radius 2 is 1.85 bits per heavy atom. The van der Waals surface area contributed by atoms with Gasteiger partial charge in [0.1, 0.15) is 20.8 Å². The predicted molar refractivity (Wildman–Crippen MR) is 137 cm³/mol. The number of aryl methyl sites for hydroxylation is 1. The second kappa shape index (κ2) is 8.70. The van der Waals surface area contributed by atoms with E-state index in [1.54, 1.807) is 17.6 Å². The molecule has 1 N–H and O–H groups in total. The van der Waals surface area contributed by atoms with E-state index in [4.69, 9.17) is 24.1 Å². The third-order valence-corrected chi connectivity index (χ3v) is 7.17. The molecule has 8 heteroatoms. The summed E-state index contributed by atoms with van der Waals surface area (Å²) in [5.41, 5.74) is 5.13. The predicted octanol–water partition coefficient (Wildman–Crippen LogP) is 5.28. The van der Waals surface area contributed by atoms with Gasteiger partial charge in [0.15, 0.2) is 0 Å². The molecule has 1 aliphatic rings. The summed E-state index contributed by atoms with van der Waals surface area (Å²) in [5, 5.41) is 4.47. The van der Waals surface area contributed by atoms with Gasteiger partial charge in [0.2, 0.25) is 11.8 Å². The van der Waals surface area contributed by atoms with Crippen LogP contribution in [-0.4, -0.2) is 47.7 Å². The fourth-order valence-electron chi connectivity index (χ4n) is 4.42. The molecule has 0 amide bonds. The largest absolute Gasteiger partial charge is 0.477 e. The van der Waals surface area contributed by atoms with Crippen LogP contribution in [0.3, 0.4) is 0 Å². The highest BCUT2D eigenvalue weighted by atomic mass is 32.1. The number of hydrogen-bond donors (Lipinski definition) is 1. The molecule has 6 rings (SSSR count). The van der Waals surface area contributed by atoms with Crippen molar-refractivity contribution in [3.05, 3.63) is 54.3 Å². The summed E-state index contributed by atoms with van der Waals surface area (Å²) in [5.74, 6) is 2.24. The Bertz CT molecular complexity index is 1450. The van der Waals surface area contributed by atoms with Crippen LogP contribution in [0.2, 0.25) is 0 Å². The molecule has 7 nitrogen and oxygen atoms in total. The first kappa shape index (κ1) is 21.1. The summed E-state index contributed by atoms with van der Waals surface area (Å²) in [6.45, 7) is 8.30. The lowest BCUT2D eigenvalue weighted by Crippen LogP contribution is -2.44. The van der Waals surface area contributed by atoms with Crippen LogP contribution in [0.1, 0.15) is 12.5 Å². The summed E-state index contributed by atoms with van der Waals surface area (Å²) in [7, 11) is 0. The number of furan rings is 1. The van der Waals surface area contributed by atoms with Crippen LogP contribution in [-0.2, 0) is 0 Å². The number of hydrogen-bond acceptors (Lipinski definition) is 8. The molecule has 5 heterocycles. The minimum absolute atomic E-state index is 0.557. The zero-order valence-corrected chi connectivity index (χ0v) is 20.0.